The van der Waals surface area contributed by atoms with Crippen LogP contribution in [0.25, 0.3) is 0 Å². The number of β-amino-alcohol motifs (C(OH)–C–C–N with tert-alkyl or cyclic N) is 1. The average molecular weight is 277 g/mol. The molecule has 1 N–H and O–H groups in total. The molecule has 1 heterocycles. The highest BCUT2D eigenvalue weighted by Gasteiger charge is 2.30. The van der Waals surface area contributed by atoms with Crippen LogP contribution in [0.15, 0.2) is 24.3 Å². The van der Waals surface area contributed by atoms with Crippen molar-refractivity contribution in [3.63, 3.8) is 0 Å². The van der Waals surface area contributed by atoms with E-state index in [1.54, 1.807) is 11.8 Å². The van der Waals surface area contributed by atoms with Crippen molar-refractivity contribution in [2.45, 2.75) is 39.4 Å². The van der Waals surface area contributed by atoms with Crippen molar-refractivity contribution in [2.75, 3.05) is 13.1 Å². The SMILES string of the molecule is Cc1ccc(OC(C)C(=O)N2CCC(C)C(O)C2)cc1. The molecule has 1 amide bonds. The second-order valence-corrected chi connectivity index (χ2v) is 5.69. The minimum absolute atomic E-state index is 0.0588. The molecule has 4 heteroatoms. The molecule has 1 saturated heterocycles. The van der Waals surface area contributed by atoms with Gasteiger partial charge in [0.2, 0.25) is 0 Å². The van der Waals surface area contributed by atoms with Gasteiger partial charge in [-0.1, -0.05) is 24.6 Å². The van der Waals surface area contributed by atoms with E-state index in [9.17, 15) is 9.90 Å². The lowest BCUT2D eigenvalue weighted by Gasteiger charge is -2.35. The molecule has 3 unspecified atom stereocenters. The number of piperidine rings is 1. The van der Waals surface area contributed by atoms with Gasteiger partial charge in [0.15, 0.2) is 6.10 Å². The van der Waals surface area contributed by atoms with Crippen LogP contribution in [0.1, 0.15) is 25.8 Å². The number of aliphatic hydroxyl groups excluding tert-OH is 1. The molecule has 1 aliphatic heterocycles. The number of rotatable bonds is 3. The van der Waals surface area contributed by atoms with Crippen molar-refractivity contribution in [1.29, 1.82) is 0 Å². The molecule has 1 aliphatic rings. The van der Waals surface area contributed by atoms with E-state index in [1.165, 1.54) is 0 Å². The van der Waals surface area contributed by atoms with Crippen LogP contribution in [0.5, 0.6) is 5.75 Å². The number of likely N-dealkylation sites (tertiary alicyclic amines) is 1. The third-order valence-electron chi connectivity index (χ3n) is 3.91. The van der Waals surface area contributed by atoms with Gasteiger partial charge in [0.05, 0.1) is 6.10 Å². The number of aliphatic hydroxyl groups is 1. The lowest BCUT2D eigenvalue weighted by molar-refractivity contribution is -0.142. The molecule has 1 aromatic rings. The Hall–Kier alpha value is -1.55. The number of hydrogen-bond acceptors (Lipinski definition) is 3. The normalized spacial score (nSPS) is 24.3. The van der Waals surface area contributed by atoms with Crippen molar-refractivity contribution >= 4 is 5.91 Å². The number of carbonyl (C=O) groups excluding carboxylic acids is 1. The van der Waals surface area contributed by atoms with Gasteiger partial charge in [0.1, 0.15) is 5.75 Å². The Labute approximate surface area is 120 Å². The first kappa shape index (κ1) is 14.9. The zero-order chi connectivity index (χ0) is 14.7. The molecule has 0 radical (unpaired) electrons. The smallest absolute Gasteiger partial charge is 0.263 e. The van der Waals surface area contributed by atoms with Crippen molar-refractivity contribution in [2.24, 2.45) is 5.92 Å². The number of hydrogen-bond donors (Lipinski definition) is 1. The fraction of sp³-hybridized carbons (Fsp3) is 0.562. The number of ether oxygens (including phenoxy) is 1. The third kappa shape index (κ3) is 3.51. The van der Waals surface area contributed by atoms with Gasteiger partial charge in [-0.3, -0.25) is 4.79 Å². The average Bonchev–Trinajstić information content (AvgIpc) is 2.43. The fourth-order valence-electron chi connectivity index (χ4n) is 2.38. The molecule has 1 fully saturated rings. The van der Waals surface area contributed by atoms with Crippen molar-refractivity contribution in [3.8, 4) is 5.75 Å². The van der Waals surface area contributed by atoms with Crippen molar-refractivity contribution < 1.29 is 14.6 Å². The Balaban J connectivity index is 1.93. The summed E-state index contributed by atoms with van der Waals surface area (Å²) < 4.78 is 5.67. The van der Waals surface area contributed by atoms with Crippen molar-refractivity contribution in [3.05, 3.63) is 29.8 Å². The maximum atomic E-state index is 12.3. The highest BCUT2D eigenvalue weighted by molar-refractivity contribution is 5.81. The molecule has 0 bridgehead atoms. The molecule has 110 valence electrons. The third-order valence-corrected chi connectivity index (χ3v) is 3.91. The van der Waals surface area contributed by atoms with Gasteiger partial charge in [0.25, 0.3) is 5.91 Å². The minimum Gasteiger partial charge on any atom is -0.481 e. The Morgan fingerprint density at radius 3 is 2.65 bits per heavy atom. The Bertz CT molecular complexity index is 457. The summed E-state index contributed by atoms with van der Waals surface area (Å²) in [5, 5.41) is 9.86. The second kappa shape index (κ2) is 6.27. The standard InChI is InChI=1S/C16H23NO3/c1-11-4-6-14(7-5-11)20-13(3)16(19)17-9-8-12(2)15(18)10-17/h4-7,12-13,15,18H,8-10H2,1-3H3. The zero-order valence-corrected chi connectivity index (χ0v) is 12.4. The maximum absolute atomic E-state index is 12.3. The zero-order valence-electron chi connectivity index (χ0n) is 12.4. The summed E-state index contributed by atoms with van der Waals surface area (Å²) in [6.07, 6.45) is -0.123. The van der Waals surface area contributed by atoms with Crippen LogP contribution in [-0.4, -0.2) is 41.2 Å². The van der Waals surface area contributed by atoms with E-state index >= 15 is 0 Å². The highest BCUT2D eigenvalue weighted by Crippen LogP contribution is 2.19. The summed E-state index contributed by atoms with van der Waals surface area (Å²) in [6.45, 7) is 6.88. The summed E-state index contributed by atoms with van der Waals surface area (Å²) in [5.41, 5.74) is 1.16. The predicted octanol–water partition coefficient (Wildman–Crippen LogP) is 1.99. The summed E-state index contributed by atoms with van der Waals surface area (Å²) in [6, 6.07) is 7.65. The summed E-state index contributed by atoms with van der Waals surface area (Å²) in [5.74, 6) is 0.895. The molecule has 3 atom stereocenters. The largest absolute Gasteiger partial charge is 0.481 e. The summed E-state index contributed by atoms with van der Waals surface area (Å²) in [7, 11) is 0. The maximum Gasteiger partial charge on any atom is 0.263 e. The van der Waals surface area contributed by atoms with E-state index in [-0.39, 0.29) is 11.8 Å². The summed E-state index contributed by atoms with van der Waals surface area (Å²) >= 11 is 0. The molecule has 2 rings (SSSR count). The predicted molar refractivity (Wildman–Crippen MR) is 77.6 cm³/mol. The van der Waals surface area contributed by atoms with E-state index in [0.717, 1.165) is 12.0 Å². The van der Waals surface area contributed by atoms with Crippen LogP contribution < -0.4 is 4.74 Å². The van der Waals surface area contributed by atoms with Crippen LogP contribution >= 0.6 is 0 Å². The number of benzene rings is 1. The first-order valence-electron chi connectivity index (χ1n) is 7.17. The van der Waals surface area contributed by atoms with Crippen LogP contribution in [0.2, 0.25) is 0 Å². The van der Waals surface area contributed by atoms with Gasteiger partial charge in [0, 0.05) is 13.1 Å². The number of amides is 1. The molecule has 1 aromatic carbocycles. The van der Waals surface area contributed by atoms with E-state index in [1.807, 2.05) is 38.1 Å². The number of aryl methyl sites for hydroxylation is 1. The Kier molecular flexibility index (Phi) is 4.65. The van der Waals surface area contributed by atoms with Gasteiger partial charge in [-0.05, 0) is 38.3 Å². The molecule has 4 nitrogen and oxygen atoms in total. The monoisotopic (exact) mass is 277 g/mol. The first-order valence-corrected chi connectivity index (χ1v) is 7.17. The summed E-state index contributed by atoms with van der Waals surface area (Å²) in [4.78, 5) is 14.0. The molecular formula is C16H23NO3. The minimum atomic E-state index is -0.529. The van der Waals surface area contributed by atoms with Gasteiger partial charge in [-0.2, -0.15) is 0 Å². The quantitative estimate of drug-likeness (QED) is 0.919. The van der Waals surface area contributed by atoms with Crippen molar-refractivity contribution in [1.82, 2.24) is 4.90 Å². The topological polar surface area (TPSA) is 49.8 Å². The lowest BCUT2D eigenvalue weighted by atomic mass is 9.96. The van der Waals surface area contributed by atoms with E-state index < -0.39 is 12.2 Å². The molecular weight excluding hydrogens is 254 g/mol. The highest BCUT2D eigenvalue weighted by atomic mass is 16.5. The van der Waals surface area contributed by atoms with Crippen LogP contribution in [-0.2, 0) is 4.79 Å². The molecule has 0 saturated carbocycles. The lowest BCUT2D eigenvalue weighted by Crippen LogP contribution is -2.49. The van der Waals surface area contributed by atoms with Gasteiger partial charge in [-0.25, -0.2) is 0 Å². The van der Waals surface area contributed by atoms with Gasteiger partial charge in [-0.15, -0.1) is 0 Å². The molecule has 0 spiro atoms. The van der Waals surface area contributed by atoms with Crippen LogP contribution in [0, 0.1) is 12.8 Å². The first-order chi connectivity index (χ1) is 9.47. The Morgan fingerprint density at radius 1 is 1.40 bits per heavy atom. The van der Waals surface area contributed by atoms with E-state index in [0.29, 0.717) is 18.8 Å². The van der Waals surface area contributed by atoms with Gasteiger partial charge < -0.3 is 14.7 Å². The fourth-order valence-corrected chi connectivity index (χ4v) is 2.38. The molecule has 0 aliphatic carbocycles. The van der Waals surface area contributed by atoms with Crippen LogP contribution in [0.3, 0.4) is 0 Å². The number of carbonyl (C=O) groups is 1. The van der Waals surface area contributed by atoms with Crippen LogP contribution in [0.4, 0.5) is 0 Å². The second-order valence-electron chi connectivity index (χ2n) is 5.69. The number of nitrogens with zero attached hydrogens (tertiary/aromatic N) is 1. The Morgan fingerprint density at radius 2 is 2.05 bits per heavy atom. The van der Waals surface area contributed by atoms with E-state index in [2.05, 4.69) is 0 Å². The van der Waals surface area contributed by atoms with Gasteiger partial charge >= 0.3 is 0 Å². The molecule has 20 heavy (non-hydrogen) atoms. The molecule has 0 aromatic heterocycles. The van der Waals surface area contributed by atoms with E-state index in [4.69, 9.17) is 4.74 Å².